The highest BCUT2D eigenvalue weighted by Gasteiger charge is 2.32. The van der Waals surface area contributed by atoms with Crippen LogP contribution in [0.3, 0.4) is 0 Å². The van der Waals surface area contributed by atoms with Crippen LogP contribution >= 0.6 is 0 Å². The van der Waals surface area contributed by atoms with Gasteiger partial charge in [-0.15, -0.1) is 0 Å². The van der Waals surface area contributed by atoms with Gasteiger partial charge in [-0.2, -0.15) is 0 Å². The molecule has 0 aliphatic carbocycles. The molecule has 2 saturated heterocycles. The van der Waals surface area contributed by atoms with Crippen molar-refractivity contribution in [3.63, 3.8) is 0 Å². The summed E-state index contributed by atoms with van der Waals surface area (Å²) in [5.41, 5.74) is 3.02. The van der Waals surface area contributed by atoms with Crippen LogP contribution in [0.2, 0.25) is 0 Å². The molecular formula is C24H30N4O2. The monoisotopic (exact) mass is 406 g/mol. The highest BCUT2D eigenvalue weighted by molar-refractivity contribution is 5.80. The molecule has 2 aliphatic rings. The number of nitrogens with one attached hydrogen (secondary N) is 1. The molecule has 6 heteroatoms. The zero-order chi connectivity index (χ0) is 20.9. The third-order valence-corrected chi connectivity index (χ3v) is 6.28. The Hall–Kier alpha value is -2.89. The van der Waals surface area contributed by atoms with Crippen LogP contribution < -0.4 is 5.32 Å². The lowest BCUT2D eigenvalue weighted by molar-refractivity contribution is -0.126. The number of carbonyl (C=O) groups is 2. The summed E-state index contributed by atoms with van der Waals surface area (Å²) < 4.78 is 0. The minimum Gasteiger partial charge on any atom is -0.343 e. The van der Waals surface area contributed by atoms with Crippen molar-refractivity contribution in [2.75, 3.05) is 26.2 Å². The van der Waals surface area contributed by atoms with Crippen molar-refractivity contribution < 1.29 is 9.59 Å². The number of pyridine rings is 1. The van der Waals surface area contributed by atoms with Crippen molar-refractivity contribution >= 4 is 11.9 Å². The second-order valence-electron chi connectivity index (χ2n) is 8.29. The number of piperidine rings is 1. The Balaban J connectivity index is 1.42. The minimum absolute atomic E-state index is 0.0437. The molecule has 1 unspecified atom stereocenters. The Morgan fingerprint density at radius 3 is 2.30 bits per heavy atom. The number of hydrogen-bond acceptors (Lipinski definition) is 3. The van der Waals surface area contributed by atoms with Crippen LogP contribution in [0.25, 0.3) is 0 Å². The van der Waals surface area contributed by atoms with Crippen molar-refractivity contribution in [1.82, 2.24) is 20.1 Å². The summed E-state index contributed by atoms with van der Waals surface area (Å²) in [5, 5.41) is 3.24. The number of rotatable bonds is 4. The zero-order valence-corrected chi connectivity index (χ0v) is 17.6. The van der Waals surface area contributed by atoms with E-state index in [4.69, 9.17) is 0 Å². The topological polar surface area (TPSA) is 65.5 Å². The number of urea groups is 1. The molecular weight excluding hydrogens is 376 g/mol. The number of likely N-dealkylation sites (tertiary alicyclic amines) is 2. The first-order chi connectivity index (χ1) is 14.6. The van der Waals surface area contributed by atoms with Gasteiger partial charge in [0, 0.05) is 38.3 Å². The molecule has 30 heavy (non-hydrogen) atoms. The molecule has 0 spiro atoms. The van der Waals surface area contributed by atoms with E-state index in [9.17, 15) is 9.59 Å². The Morgan fingerprint density at radius 2 is 1.63 bits per heavy atom. The van der Waals surface area contributed by atoms with Crippen LogP contribution in [0.1, 0.15) is 48.5 Å². The molecule has 3 heterocycles. The molecule has 1 aromatic heterocycles. The number of aromatic nitrogens is 1. The maximum absolute atomic E-state index is 13.1. The summed E-state index contributed by atoms with van der Waals surface area (Å²) >= 11 is 0. The van der Waals surface area contributed by atoms with Crippen LogP contribution in [0.4, 0.5) is 4.79 Å². The van der Waals surface area contributed by atoms with E-state index >= 15 is 0 Å². The van der Waals surface area contributed by atoms with Crippen molar-refractivity contribution in [3.8, 4) is 0 Å². The molecule has 0 radical (unpaired) electrons. The summed E-state index contributed by atoms with van der Waals surface area (Å²) in [4.78, 5) is 34.1. The van der Waals surface area contributed by atoms with Crippen molar-refractivity contribution in [3.05, 3.63) is 65.5 Å². The Bertz CT molecular complexity index is 872. The fourth-order valence-corrected chi connectivity index (χ4v) is 4.47. The summed E-state index contributed by atoms with van der Waals surface area (Å²) in [6.45, 7) is 5.07. The van der Waals surface area contributed by atoms with Crippen LogP contribution in [0.15, 0.2) is 48.7 Å². The van der Waals surface area contributed by atoms with E-state index in [1.165, 1.54) is 0 Å². The molecule has 6 nitrogen and oxygen atoms in total. The van der Waals surface area contributed by atoms with Gasteiger partial charge in [-0.05, 0) is 55.9 Å². The first-order valence-corrected chi connectivity index (χ1v) is 10.9. The second kappa shape index (κ2) is 9.28. The van der Waals surface area contributed by atoms with Crippen molar-refractivity contribution in [2.24, 2.45) is 5.92 Å². The van der Waals surface area contributed by atoms with Gasteiger partial charge in [-0.25, -0.2) is 4.79 Å². The van der Waals surface area contributed by atoms with Gasteiger partial charge in [0.25, 0.3) is 0 Å². The molecule has 4 rings (SSSR count). The predicted octanol–water partition coefficient (Wildman–Crippen LogP) is 3.52. The van der Waals surface area contributed by atoms with Gasteiger partial charge in [-0.1, -0.05) is 30.3 Å². The number of nitrogens with zero attached hydrogens (tertiary/aromatic N) is 3. The van der Waals surface area contributed by atoms with E-state index in [1.54, 1.807) is 6.20 Å². The van der Waals surface area contributed by atoms with Gasteiger partial charge in [0.2, 0.25) is 5.91 Å². The third kappa shape index (κ3) is 4.48. The van der Waals surface area contributed by atoms with Gasteiger partial charge in [-0.3, -0.25) is 9.78 Å². The molecule has 1 aromatic carbocycles. The van der Waals surface area contributed by atoms with Gasteiger partial charge < -0.3 is 15.1 Å². The number of benzene rings is 1. The molecule has 1 atom stereocenters. The van der Waals surface area contributed by atoms with E-state index < -0.39 is 0 Å². The number of carbonyl (C=O) groups excluding carboxylic acids is 2. The van der Waals surface area contributed by atoms with Crippen LogP contribution in [0, 0.1) is 12.8 Å². The molecule has 0 saturated carbocycles. The Labute approximate surface area is 178 Å². The lowest BCUT2D eigenvalue weighted by atomic mass is 9.93. The van der Waals surface area contributed by atoms with Crippen LogP contribution in [0.5, 0.6) is 0 Å². The van der Waals surface area contributed by atoms with Crippen LogP contribution in [-0.4, -0.2) is 52.9 Å². The largest absolute Gasteiger partial charge is 0.343 e. The summed E-state index contributed by atoms with van der Waals surface area (Å²) in [7, 11) is 0. The highest BCUT2D eigenvalue weighted by Crippen LogP contribution is 2.26. The van der Waals surface area contributed by atoms with Gasteiger partial charge in [0.05, 0.1) is 11.7 Å². The van der Waals surface area contributed by atoms with E-state index in [1.807, 2.05) is 46.2 Å². The van der Waals surface area contributed by atoms with Gasteiger partial charge >= 0.3 is 6.03 Å². The smallest absolute Gasteiger partial charge is 0.319 e. The standard InChI is InChI=1S/C24H30N4O2/c1-18-8-2-3-9-20(18)22(21-10-4-5-13-25-21)26-23(29)19-11-16-28(17-12-19)24(30)27-14-6-7-15-27/h2-5,8-10,13,19,22H,6-7,11-12,14-17H2,1H3,(H,26,29). The summed E-state index contributed by atoms with van der Waals surface area (Å²) in [6.07, 6.45) is 5.36. The molecule has 2 aromatic rings. The van der Waals surface area contributed by atoms with E-state index in [0.29, 0.717) is 25.9 Å². The van der Waals surface area contributed by atoms with E-state index in [2.05, 4.69) is 23.3 Å². The SMILES string of the molecule is Cc1ccccc1C(NC(=O)C1CCN(C(=O)N2CCCC2)CC1)c1ccccn1. The molecule has 1 N–H and O–H groups in total. The summed E-state index contributed by atoms with van der Waals surface area (Å²) in [6, 6.07) is 13.7. The highest BCUT2D eigenvalue weighted by atomic mass is 16.2. The molecule has 3 amide bonds. The quantitative estimate of drug-likeness (QED) is 0.845. The number of aryl methyl sites for hydroxylation is 1. The first-order valence-electron chi connectivity index (χ1n) is 10.9. The van der Waals surface area contributed by atoms with Gasteiger partial charge in [0.15, 0.2) is 0 Å². The summed E-state index contributed by atoms with van der Waals surface area (Å²) in [5.74, 6) is -0.0370. The fraction of sp³-hybridized carbons (Fsp3) is 0.458. The van der Waals surface area contributed by atoms with Crippen molar-refractivity contribution in [1.29, 1.82) is 0 Å². The number of hydrogen-bond donors (Lipinski definition) is 1. The van der Waals surface area contributed by atoms with Crippen LogP contribution in [-0.2, 0) is 4.79 Å². The lowest BCUT2D eigenvalue weighted by Crippen LogP contribution is -2.48. The maximum Gasteiger partial charge on any atom is 0.319 e. The Kier molecular flexibility index (Phi) is 6.31. The normalized spacial score (nSPS) is 18.3. The van der Waals surface area contributed by atoms with E-state index in [0.717, 1.165) is 42.8 Å². The third-order valence-electron chi connectivity index (χ3n) is 6.28. The second-order valence-corrected chi connectivity index (χ2v) is 8.29. The lowest BCUT2D eigenvalue weighted by Gasteiger charge is -2.34. The van der Waals surface area contributed by atoms with Gasteiger partial charge in [0.1, 0.15) is 0 Å². The molecule has 2 aliphatic heterocycles. The average molecular weight is 407 g/mol. The zero-order valence-electron chi connectivity index (χ0n) is 17.6. The maximum atomic E-state index is 13.1. The van der Waals surface area contributed by atoms with Crippen molar-refractivity contribution in [2.45, 2.75) is 38.6 Å². The minimum atomic E-state index is -0.274. The molecule has 158 valence electrons. The molecule has 0 bridgehead atoms. The predicted molar refractivity (Wildman–Crippen MR) is 116 cm³/mol. The number of amides is 3. The average Bonchev–Trinajstić information content (AvgIpc) is 3.33. The van der Waals surface area contributed by atoms with E-state index in [-0.39, 0.29) is 23.9 Å². The Morgan fingerprint density at radius 1 is 0.967 bits per heavy atom. The fourth-order valence-electron chi connectivity index (χ4n) is 4.47. The first kappa shape index (κ1) is 20.4. The molecule has 2 fully saturated rings.